The molecule has 0 bridgehead atoms. The first-order valence-electron chi connectivity index (χ1n) is 6.99. The molecule has 0 aromatic carbocycles. The summed E-state index contributed by atoms with van der Waals surface area (Å²) >= 11 is 0.971. The van der Waals surface area contributed by atoms with E-state index in [1.807, 2.05) is 0 Å². The van der Waals surface area contributed by atoms with E-state index in [1.165, 1.54) is 64.2 Å². The Hall–Kier alpha value is 1.48. The van der Waals surface area contributed by atoms with Crippen LogP contribution in [0, 0.1) is 0 Å². The molecule has 0 aromatic rings. The molecule has 0 fully saturated rings. The van der Waals surface area contributed by atoms with Crippen LogP contribution in [0.3, 0.4) is 0 Å². The molecule has 0 aliphatic carbocycles. The van der Waals surface area contributed by atoms with Gasteiger partial charge in [-0.1, -0.05) is 0 Å². The summed E-state index contributed by atoms with van der Waals surface area (Å²) in [6.45, 7) is 4.58. The molecule has 0 spiro atoms. The van der Waals surface area contributed by atoms with E-state index in [2.05, 4.69) is 13.8 Å². The van der Waals surface area contributed by atoms with Crippen molar-refractivity contribution in [1.29, 1.82) is 0 Å². The summed E-state index contributed by atoms with van der Waals surface area (Å²) in [5.41, 5.74) is 0. The minimum atomic E-state index is 0. The zero-order valence-corrected chi connectivity index (χ0v) is 16.8. The molecule has 3 heteroatoms. The first-order valence-corrected chi connectivity index (χ1v) is 9.41. The molecule has 0 saturated carbocycles. The Balaban J connectivity index is -0.000000980. The fourth-order valence-corrected chi connectivity index (χ4v) is 3.86. The van der Waals surface area contributed by atoms with Gasteiger partial charge in [0.2, 0.25) is 0 Å². The molecule has 0 N–H and O–H groups in total. The molecule has 108 valence electrons. The van der Waals surface area contributed by atoms with Crippen molar-refractivity contribution in [2.75, 3.05) is 0 Å². The SMILES string of the molecule is Br.Br.CCCCCCC[Se]CCCCCCC. The molecule has 0 radical (unpaired) electrons. The average Bonchev–Trinajstić information content (AvgIpc) is 2.26. The topological polar surface area (TPSA) is 0 Å². The zero-order chi connectivity index (χ0) is 11.2. The zero-order valence-electron chi connectivity index (χ0n) is 11.7. The third kappa shape index (κ3) is 23.1. The normalized spacial score (nSPS) is 9.53. The molecule has 0 aromatic heterocycles. The monoisotopic (exact) mass is 438 g/mol. The van der Waals surface area contributed by atoms with Crippen LogP contribution >= 0.6 is 34.0 Å². The number of rotatable bonds is 12. The number of unbranched alkanes of at least 4 members (excludes halogenated alkanes) is 8. The van der Waals surface area contributed by atoms with Gasteiger partial charge in [-0.05, 0) is 0 Å². The summed E-state index contributed by atoms with van der Waals surface area (Å²) in [5.74, 6) is 0. The van der Waals surface area contributed by atoms with E-state index < -0.39 is 0 Å². The van der Waals surface area contributed by atoms with E-state index in [1.54, 1.807) is 10.6 Å². The van der Waals surface area contributed by atoms with Gasteiger partial charge in [-0.15, -0.1) is 34.0 Å². The van der Waals surface area contributed by atoms with Crippen molar-refractivity contribution < 1.29 is 0 Å². The van der Waals surface area contributed by atoms with Gasteiger partial charge in [0.05, 0.1) is 0 Å². The first kappa shape index (κ1) is 23.6. The molecule has 0 saturated heterocycles. The van der Waals surface area contributed by atoms with Crippen LogP contribution in [0.2, 0.25) is 10.6 Å². The van der Waals surface area contributed by atoms with Crippen LogP contribution in [0.5, 0.6) is 0 Å². The Morgan fingerprint density at radius 1 is 0.529 bits per heavy atom. The van der Waals surface area contributed by atoms with Crippen molar-refractivity contribution in [2.45, 2.75) is 88.7 Å². The maximum absolute atomic E-state index is 2.29. The minimum absolute atomic E-state index is 0. The predicted octanol–water partition coefficient (Wildman–Crippen LogP) is 6.62. The van der Waals surface area contributed by atoms with E-state index in [0.29, 0.717) is 0 Å². The maximum atomic E-state index is 2.29. The molecule has 0 aliphatic rings. The fourth-order valence-electron chi connectivity index (χ4n) is 1.72. The molecule has 17 heavy (non-hydrogen) atoms. The Bertz CT molecular complexity index is 98.4. The third-order valence-corrected chi connectivity index (χ3v) is 5.21. The standard InChI is InChI=1S/C14H30Se.2BrH/c1-3-5-7-9-11-13-15-14-12-10-8-6-4-2;;/h3-14H2,1-2H3;2*1H. The molecule has 0 amide bonds. The molecule has 0 unspecified atom stereocenters. The summed E-state index contributed by atoms with van der Waals surface area (Å²) in [6.07, 6.45) is 14.6. The molecule has 0 atom stereocenters. The number of hydrogen-bond donors (Lipinski definition) is 0. The fraction of sp³-hybridized carbons (Fsp3) is 1.00. The van der Waals surface area contributed by atoms with Crippen molar-refractivity contribution in [3.05, 3.63) is 0 Å². The summed E-state index contributed by atoms with van der Waals surface area (Å²) in [5, 5.41) is 3.09. The average molecular weight is 439 g/mol. The summed E-state index contributed by atoms with van der Waals surface area (Å²) < 4.78 is 0. The number of halogens is 2. The van der Waals surface area contributed by atoms with E-state index in [0.717, 1.165) is 15.0 Å². The van der Waals surface area contributed by atoms with Gasteiger partial charge in [-0.25, -0.2) is 0 Å². The van der Waals surface area contributed by atoms with Gasteiger partial charge in [-0.3, -0.25) is 0 Å². The van der Waals surface area contributed by atoms with E-state index in [4.69, 9.17) is 0 Å². The quantitative estimate of drug-likeness (QED) is 0.237. The van der Waals surface area contributed by atoms with Crippen LogP contribution in [-0.2, 0) is 0 Å². The van der Waals surface area contributed by atoms with Gasteiger partial charge in [0.15, 0.2) is 0 Å². The van der Waals surface area contributed by atoms with Crippen LogP contribution in [0.4, 0.5) is 0 Å². The van der Waals surface area contributed by atoms with Crippen molar-refractivity contribution in [3.8, 4) is 0 Å². The van der Waals surface area contributed by atoms with E-state index in [-0.39, 0.29) is 34.0 Å². The Labute approximate surface area is 137 Å². The molecule has 0 nitrogen and oxygen atoms in total. The molecule has 0 heterocycles. The van der Waals surface area contributed by atoms with Crippen LogP contribution in [0.25, 0.3) is 0 Å². The van der Waals surface area contributed by atoms with Gasteiger partial charge in [0, 0.05) is 0 Å². The second-order valence-corrected chi connectivity index (χ2v) is 7.01. The van der Waals surface area contributed by atoms with Crippen LogP contribution in [0.1, 0.15) is 78.1 Å². The second-order valence-electron chi connectivity index (χ2n) is 4.44. The van der Waals surface area contributed by atoms with Gasteiger partial charge < -0.3 is 0 Å². The van der Waals surface area contributed by atoms with Crippen molar-refractivity contribution in [1.82, 2.24) is 0 Å². The van der Waals surface area contributed by atoms with Crippen molar-refractivity contribution >= 4 is 48.9 Å². The van der Waals surface area contributed by atoms with Crippen LogP contribution in [-0.4, -0.2) is 15.0 Å². The summed E-state index contributed by atoms with van der Waals surface area (Å²) in [7, 11) is 0. The third-order valence-electron chi connectivity index (χ3n) is 2.78. The molecular weight excluding hydrogens is 407 g/mol. The van der Waals surface area contributed by atoms with Gasteiger partial charge in [-0.2, -0.15) is 0 Å². The van der Waals surface area contributed by atoms with Gasteiger partial charge in [0.25, 0.3) is 0 Å². The molecule has 0 aliphatic heterocycles. The second kappa shape index (κ2) is 22.6. The summed E-state index contributed by atoms with van der Waals surface area (Å²) in [4.78, 5) is 0. The van der Waals surface area contributed by atoms with E-state index in [9.17, 15) is 0 Å². The Morgan fingerprint density at radius 3 is 1.24 bits per heavy atom. The van der Waals surface area contributed by atoms with Crippen LogP contribution in [0.15, 0.2) is 0 Å². The Kier molecular flexibility index (Phi) is 31.4. The molecule has 0 rings (SSSR count). The summed E-state index contributed by atoms with van der Waals surface area (Å²) in [6, 6.07) is 0. The Morgan fingerprint density at radius 2 is 0.882 bits per heavy atom. The van der Waals surface area contributed by atoms with Gasteiger partial charge >= 0.3 is 104 Å². The predicted molar refractivity (Wildman–Crippen MR) is 93.5 cm³/mol. The molecular formula is C14H32Br2Se. The number of hydrogen-bond acceptors (Lipinski definition) is 0. The first-order chi connectivity index (χ1) is 7.41. The van der Waals surface area contributed by atoms with Crippen molar-refractivity contribution in [2.24, 2.45) is 0 Å². The van der Waals surface area contributed by atoms with Crippen molar-refractivity contribution in [3.63, 3.8) is 0 Å². The van der Waals surface area contributed by atoms with Crippen LogP contribution < -0.4 is 0 Å². The van der Waals surface area contributed by atoms with Gasteiger partial charge in [0.1, 0.15) is 0 Å². The van der Waals surface area contributed by atoms with E-state index >= 15 is 0 Å².